The highest BCUT2D eigenvalue weighted by molar-refractivity contribution is 5.94. The molecular formula is C17H18N4O2. The molecule has 118 valence electrons. The molecule has 1 saturated heterocycles. The minimum absolute atomic E-state index is 0.137. The Hall–Kier alpha value is -2.89. The van der Waals surface area contributed by atoms with Crippen LogP contribution in [0.1, 0.15) is 12.0 Å². The average Bonchev–Trinajstić information content (AvgIpc) is 3.06. The molecule has 1 N–H and O–H groups in total. The molecule has 0 spiro atoms. The van der Waals surface area contributed by atoms with Crippen LogP contribution in [0.15, 0.2) is 55.4 Å². The number of nitrogens with zero attached hydrogens (tertiary/aromatic N) is 3. The third kappa shape index (κ3) is 3.01. The molecule has 1 aliphatic heterocycles. The molecular weight excluding hydrogens is 292 g/mol. The van der Waals surface area contributed by atoms with Crippen molar-refractivity contribution in [3.63, 3.8) is 0 Å². The Morgan fingerprint density at radius 3 is 2.83 bits per heavy atom. The number of carbonyl (C=O) groups is 2. The fourth-order valence-electron chi connectivity index (χ4n) is 2.64. The van der Waals surface area contributed by atoms with E-state index in [-0.39, 0.29) is 11.8 Å². The lowest BCUT2D eigenvalue weighted by Crippen LogP contribution is -2.57. The van der Waals surface area contributed by atoms with Crippen LogP contribution in [-0.2, 0) is 16.1 Å². The summed E-state index contributed by atoms with van der Waals surface area (Å²) < 4.78 is 1.76. The standard InChI is InChI=1S/C17H18N4O2/c1-2-16(22)20-11-8-15(20)17(23)18-12-13-6-3-4-7-14(13)21-10-5-9-19-21/h2-7,9-10,15H,1,8,11-12H2,(H,18,23)/t15-/m1/s1. The molecule has 1 fully saturated rings. The molecule has 2 heterocycles. The van der Waals surface area contributed by atoms with Crippen molar-refractivity contribution in [2.75, 3.05) is 6.54 Å². The van der Waals surface area contributed by atoms with E-state index in [0.717, 1.165) is 11.3 Å². The normalized spacial score (nSPS) is 16.5. The van der Waals surface area contributed by atoms with Crippen molar-refractivity contribution in [3.8, 4) is 5.69 Å². The summed E-state index contributed by atoms with van der Waals surface area (Å²) in [7, 11) is 0. The maximum Gasteiger partial charge on any atom is 0.246 e. The zero-order chi connectivity index (χ0) is 16.2. The Balaban J connectivity index is 1.66. The second kappa shape index (κ2) is 6.48. The Bertz CT molecular complexity index is 724. The maximum atomic E-state index is 12.3. The summed E-state index contributed by atoms with van der Waals surface area (Å²) in [6.07, 6.45) is 5.50. The minimum atomic E-state index is -0.391. The lowest BCUT2D eigenvalue weighted by Gasteiger charge is -2.39. The molecule has 23 heavy (non-hydrogen) atoms. The first kappa shape index (κ1) is 15.0. The summed E-state index contributed by atoms with van der Waals surface area (Å²) >= 11 is 0. The molecule has 0 unspecified atom stereocenters. The number of likely N-dealkylation sites (tertiary alicyclic amines) is 1. The largest absolute Gasteiger partial charge is 0.350 e. The van der Waals surface area contributed by atoms with Crippen molar-refractivity contribution >= 4 is 11.8 Å². The summed E-state index contributed by atoms with van der Waals surface area (Å²) in [6, 6.07) is 9.21. The molecule has 1 aliphatic rings. The third-order valence-corrected chi connectivity index (χ3v) is 3.98. The number of carbonyl (C=O) groups excluding carboxylic acids is 2. The quantitative estimate of drug-likeness (QED) is 0.846. The van der Waals surface area contributed by atoms with Gasteiger partial charge in [-0.1, -0.05) is 24.8 Å². The summed E-state index contributed by atoms with van der Waals surface area (Å²) in [6.45, 7) is 4.45. The fraction of sp³-hybridized carbons (Fsp3) is 0.235. The summed E-state index contributed by atoms with van der Waals surface area (Å²) in [5.41, 5.74) is 1.89. The Morgan fingerprint density at radius 2 is 2.17 bits per heavy atom. The highest BCUT2D eigenvalue weighted by Crippen LogP contribution is 2.18. The van der Waals surface area contributed by atoms with Crippen LogP contribution in [-0.4, -0.2) is 39.1 Å². The smallest absolute Gasteiger partial charge is 0.246 e. The molecule has 6 heteroatoms. The van der Waals surface area contributed by atoms with Gasteiger partial charge >= 0.3 is 0 Å². The van der Waals surface area contributed by atoms with Gasteiger partial charge in [0.2, 0.25) is 11.8 Å². The van der Waals surface area contributed by atoms with Gasteiger partial charge in [-0.2, -0.15) is 5.10 Å². The molecule has 1 aromatic carbocycles. The molecule has 2 aromatic rings. The molecule has 0 aliphatic carbocycles. The highest BCUT2D eigenvalue weighted by atomic mass is 16.2. The SMILES string of the molecule is C=CC(=O)N1CC[C@@H]1C(=O)NCc1ccccc1-n1cccn1. The van der Waals surface area contributed by atoms with Crippen LogP contribution in [0.4, 0.5) is 0 Å². The highest BCUT2D eigenvalue weighted by Gasteiger charge is 2.36. The van der Waals surface area contributed by atoms with E-state index in [0.29, 0.717) is 19.5 Å². The number of hydrogen-bond donors (Lipinski definition) is 1. The zero-order valence-corrected chi connectivity index (χ0v) is 12.7. The molecule has 6 nitrogen and oxygen atoms in total. The van der Waals surface area contributed by atoms with Crippen LogP contribution in [0, 0.1) is 0 Å². The van der Waals surface area contributed by atoms with Gasteiger partial charge in [0.15, 0.2) is 0 Å². The fourth-order valence-corrected chi connectivity index (χ4v) is 2.64. The third-order valence-electron chi connectivity index (χ3n) is 3.98. The van der Waals surface area contributed by atoms with E-state index < -0.39 is 6.04 Å². The first-order chi connectivity index (χ1) is 11.2. The second-order valence-electron chi connectivity index (χ2n) is 5.34. The van der Waals surface area contributed by atoms with Crippen LogP contribution < -0.4 is 5.32 Å². The number of nitrogens with one attached hydrogen (secondary N) is 1. The van der Waals surface area contributed by atoms with Crippen molar-refractivity contribution in [2.45, 2.75) is 19.0 Å². The molecule has 0 bridgehead atoms. The van der Waals surface area contributed by atoms with Gasteiger partial charge < -0.3 is 10.2 Å². The van der Waals surface area contributed by atoms with Crippen molar-refractivity contribution < 1.29 is 9.59 Å². The Kier molecular flexibility index (Phi) is 4.23. The van der Waals surface area contributed by atoms with Gasteiger partial charge in [0, 0.05) is 25.5 Å². The lowest BCUT2D eigenvalue weighted by molar-refractivity contribution is -0.143. The summed E-state index contributed by atoms with van der Waals surface area (Å²) in [5.74, 6) is -0.338. The minimum Gasteiger partial charge on any atom is -0.350 e. The van der Waals surface area contributed by atoms with E-state index >= 15 is 0 Å². The molecule has 2 amide bonds. The maximum absolute atomic E-state index is 12.3. The molecule has 1 atom stereocenters. The summed E-state index contributed by atoms with van der Waals surface area (Å²) in [5, 5.41) is 7.13. The van der Waals surface area contributed by atoms with Gasteiger partial charge in [0.25, 0.3) is 0 Å². The van der Waals surface area contributed by atoms with Gasteiger partial charge in [0.1, 0.15) is 6.04 Å². The number of amides is 2. The van der Waals surface area contributed by atoms with Crippen LogP contribution in [0.2, 0.25) is 0 Å². The summed E-state index contributed by atoms with van der Waals surface area (Å²) in [4.78, 5) is 25.4. The van der Waals surface area contributed by atoms with Crippen molar-refractivity contribution in [3.05, 3.63) is 60.9 Å². The predicted molar refractivity (Wildman–Crippen MR) is 85.7 cm³/mol. The van der Waals surface area contributed by atoms with Crippen LogP contribution in [0.25, 0.3) is 5.69 Å². The van der Waals surface area contributed by atoms with Crippen molar-refractivity contribution in [1.29, 1.82) is 0 Å². The zero-order valence-electron chi connectivity index (χ0n) is 12.7. The molecule has 3 rings (SSSR count). The van der Waals surface area contributed by atoms with E-state index in [4.69, 9.17) is 0 Å². The number of benzene rings is 1. The predicted octanol–water partition coefficient (Wildman–Crippen LogP) is 1.28. The van der Waals surface area contributed by atoms with Gasteiger partial charge in [-0.15, -0.1) is 0 Å². The van der Waals surface area contributed by atoms with E-state index in [2.05, 4.69) is 17.0 Å². The topological polar surface area (TPSA) is 67.2 Å². The Labute approximate surface area is 134 Å². The molecule has 0 radical (unpaired) electrons. The lowest BCUT2D eigenvalue weighted by atomic mass is 10.0. The number of hydrogen-bond acceptors (Lipinski definition) is 3. The van der Waals surface area contributed by atoms with Crippen molar-refractivity contribution in [2.24, 2.45) is 0 Å². The molecule has 1 aromatic heterocycles. The van der Waals surface area contributed by atoms with Crippen LogP contribution in [0.3, 0.4) is 0 Å². The number of aromatic nitrogens is 2. The first-order valence-corrected chi connectivity index (χ1v) is 7.49. The van der Waals surface area contributed by atoms with E-state index in [1.807, 2.05) is 36.5 Å². The van der Waals surface area contributed by atoms with Crippen molar-refractivity contribution in [1.82, 2.24) is 20.0 Å². The van der Waals surface area contributed by atoms with Gasteiger partial charge in [-0.05, 0) is 30.2 Å². The van der Waals surface area contributed by atoms with Crippen LogP contribution >= 0.6 is 0 Å². The monoisotopic (exact) mass is 310 g/mol. The van der Waals surface area contributed by atoms with Crippen LogP contribution in [0.5, 0.6) is 0 Å². The number of rotatable bonds is 5. The average molecular weight is 310 g/mol. The van der Waals surface area contributed by atoms with E-state index in [1.165, 1.54) is 11.0 Å². The van der Waals surface area contributed by atoms with Gasteiger partial charge in [-0.3, -0.25) is 9.59 Å². The first-order valence-electron chi connectivity index (χ1n) is 7.49. The second-order valence-corrected chi connectivity index (χ2v) is 5.34. The van der Waals surface area contributed by atoms with Gasteiger partial charge in [0.05, 0.1) is 5.69 Å². The van der Waals surface area contributed by atoms with E-state index in [1.54, 1.807) is 10.9 Å². The number of para-hydroxylation sites is 1. The van der Waals surface area contributed by atoms with E-state index in [9.17, 15) is 9.59 Å². The van der Waals surface area contributed by atoms with Gasteiger partial charge in [-0.25, -0.2) is 4.68 Å². The Morgan fingerprint density at radius 1 is 1.35 bits per heavy atom. The molecule has 0 saturated carbocycles.